The zero-order valence-corrected chi connectivity index (χ0v) is 9.71. The van der Waals surface area contributed by atoms with Crippen LogP contribution >= 0.6 is 0 Å². The van der Waals surface area contributed by atoms with E-state index in [-0.39, 0.29) is 5.82 Å². The van der Waals surface area contributed by atoms with Gasteiger partial charge in [-0.25, -0.2) is 4.39 Å². The van der Waals surface area contributed by atoms with Crippen molar-refractivity contribution in [3.8, 4) is 0 Å². The zero-order valence-electron chi connectivity index (χ0n) is 9.71. The number of rotatable bonds is 2. The molecule has 3 heteroatoms. The first-order chi connectivity index (χ1) is 7.65. The molecule has 0 fully saturated rings. The predicted octanol–water partition coefficient (Wildman–Crippen LogP) is 3.09. The Morgan fingerprint density at radius 2 is 1.88 bits per heavy atom. The van der Waals surface area contributed by atoms with E-state index in [1.54, 1.807) is 13.1 Å². The number of benzene rings is 2. The van der Waals surface area contributed by atoms with Crippen LogP contribution in [0.4, 0.5) is 15.8 Å². The van der Waals surface area contributed by atoms with E-state index in [9.17, 15) is 4.39 Å². The largest absolute Gasteiger partial charge is 0.385 e. The smallest absolute Gasteiger partial charge is 0.147 e. The molecule has 0 bridgehead atoms. The van der Waals surface area contributed by atoms with Gasteiger partial charge in [0.25, 0.3) is 0 Å². The molecule has 2 aromatic carbocycles. The third-order valence-electron chi connectivity index (χ3n) is 2.70. The molecule has 1 N–H and O–H groups in total. The number of anilines is 2. The Morgan fingerprint density at radius 3 is 2.50 bits per heavy atom. The van der Waals surface area contributed by atoms with Crippen LogP contribution in [0, 0.1) is 5.82 Å². The summed E-state index contributed by atoms with van der Waals surface area (Å²) < 4.78 is 13.7. The van der Waals surface area contributed by atoms with E-state index < -0.39 is 0 Å². The first kappa shape index (κ1) is 10.7. The topological polar surface area (TPSA) is 15.3 Å². The Balaban J connectivity index is 2.87. The number of hydrogen-bond acceptors (Lipinski definition) is 2. The van der Waals surface area contributed by atoms with Crippen molar-refractivity contribution in [1.82, 2.24) is 0 Å². The lowest BCUT2D eigenvalue weighted by atomic mass is 10.1. The molecular weight excluding hydrogens is 203 g/mol. The van der Waals surface area contributed by atoms with Gasteiger partial charge in [-0.05, 0) is 17.5 Å². The van der Waals surface area contributed by atoms with E-state index in [1.807, 2.05) is 37.2 Å². The van der Waals surface area contributed by atoms with Gasteiger partial charge in [0.05, 0.1) is 5.69 Å². The first-order valence-corrected chi connectivity index (χ1v) is 5.21. The van der Waals surface area contributed by atoms with Crippen LogP contribution in [-0.4, -0.2) is 21.1 Å². The maximum absolute atomic E-state index is 13.7. The lowest BCUT2D eigenvalue weighted by Crippen LogP contribution is -2.10. The van der Waals surface area contributed by atoms with E-state index in [2.05, 4.69) is 5.32 Å². The Bertz CT molecular complexity index is 521. The molecule has 0 saturated heterocycles. The predicted molar refractivity (Wildman–Crippen MR) is 67.8 cm³/mol. The Labute approximate surface area is 94.7 Å². The standard InChI is InChI=1S/C13H15FN2/c1-15-13-10(14)8-7-9-5-4-6-11(12(9)13)16(2)3/h4-8,15H,1-3H3. The minimum atomic E-state index is -0.218. The van der Waals surface area contributed by atoms with Crippen molar-refractivity contribution in [2.45, 2.75) is 0 Å². The number of hydrogen-bond donors (Lipinski definition) is 1. The maximum atomic E-state index is 13.7. The fourth-order valence-corrected chi connectivity index (χ4v) is 1.95. The Hall–Kier alpha value is -1.77. The summed E-state index contributed by atoms with van der Waals surface area (Å²) in [6.45, 7) is 0. The van der Waals surface area contributed by atoms with Crippen LogP contribution < -0.4 is 10.2 Å². The molecule has 0 aliphatic rings. The summed E-state index contributed by atoms with van der Waals surface area (Å²) in [5.74, 6) is -0.218. The first-order valence-electron chi connectivity index (χ1n) is 5.21. The highest BCUT2D eigenvalue weighted by Crippen LogP contribution is 2.33. The van der Waals surface area contributed by atoms with Gasteiger partial charge in [-0.3, -0.25) is 0 Å². The summed E-state index contributed by atoms with van der Waals surface area (Å²) in [5.41, 5.74) is 1.57. The van der Waals surface area contributed by atoms with Crippen LogP contribution in [0.1, 0.15) is 0 Å². The van der Waals surface area contributed by atoms with Crippen LogP contribution in [0.25, 0.3) is 10.8 Å². The van der Waals surface area contributed by atoms with E-state index in [0.29, 0.717) is 5.69 Å². The molecule has 0 radical (unpaired) electrons. The molecule has 2 rings (SSSR count). The summed E-state index contributed by atoms with van der Waals surface area (Å²) in [4.78, 5) is 1.99. The zero-order chi connectivity index (χ0) is 11.7. The van der Waals surface area contributed by atoms with Gasteiger partial charge in [0.15, 0.2) is 0 Å². The highest BCUT2D eigenvalue weighted by Gasteiger charge is 2.10. The SMILES string of the molecule is CNc1c(F)ccc2cccc(N(C)C)c12. The number of fused-ring (bicyclic) bond motifs is 1. The minimum Gasteiger partial charge on any atom is -0.385 e. The average Bonchev–Trinajstić information content (AvgIpc) is 2.28. The number of nitrogens with one attached hydrogen (secondary N) is 1. The molecule has 0 aromatic heterocycles. The number of halogens is 1. The van der Waals surface area contributed by atoms with Crippen molar-refractivity contribution >= 4 is 22.1 Å². The Morgan fingerprint density at radius 1 is 1.12 bits per heavy atom. The van der Waals surface area contributed by atoms with Gasteiger partial charge in [0, 0.05) is 32.2 Å². The van der Waals surface area contributed by atoms with Gasteiger partial charge in [0.1, 0.15) is 5.82 Å². The molecule has 16 heavy (non-hydrogen) atoms. The molecule has 0 spiro atoms. The second-order valence-corrected chi connectivity index (χ2v) is 3.94. The fraction of sp³-hybridized carbons (Fsp3) is 0.231. The van der Waals surface area contributed by atoms with Crippen molar-refractivity contribution in [3.63, 3.8) is 0 Å². The summed E-state index contributed by atoms with van der Waals surface area (Å²) >= 11 is 0. The summed E-state index contributed by atoms with van der Waals surface area (Å²) in [5, 5.41) is 4.90. The third-order valence-corrected chi connectivity index (χ3v) is 2.70. The lowest BCUT2D eigenvalue weighted by Gasteiger charge is -2.18. The molecule has 0 saturated carbocycles. The second kappa shape index (κ2) is 4.00. The van der Waals surface area contributed by atoms with E-state index in [0.717, 1.165) is 16.5 Å². The van der Waals surface area contributed by atoms with Crippen molar-refractivity contribution in [2.75, 3.05) is 31.4 Å². The molecular formula is C13H15FN2. The van der Waals surface area contributed by atoms with E-state index in [1.165, 1.54) is 6.07 Å². The molecule has 0 amide bonds. The van der Waals surface area contributed by atoms with Crippen molar-refractivity contribution < 1.29 is 4.39 Å². The second-order valence-electron chi connectivity index (χ2n) is 3.94. The summed E-state index contributed by atoms with van der Waals surface area (Å²) in [6, 6.07) is 9.26. The highest BCUT2D eigenvalue weighted by molar-refractivity contribution is 6.03. The molecule has 2 aromatic rings. The molecule has 0 heterocycles. The van der Waals surface area contributed by atoms with Gasteiger partial charge in [-0.15, -0.1) is 0 Å². The van der Waals surface area contributed by atoms with Crippen LogP contribution in [0.3, 0.4) is 0 Å². The quantitative estimate of drug-likeness (QED) is 0.833. The molecule has 0 aliphatic heterocycles. The minimum absolute atomic E-state index is 0.218. The maximum Gasteiger partial charge on any atom is 0.147 e. The van der Waals surface area contributed by atoms with Gasteiger partial charge < -0.3 is 10.2 Å². The van der Waals surface area contributed by atoms with E-state index in [4.69, 9.17) is 0 Å². The van der Waals surface area contributed by atoms with Gasteiger partial charge in [-0.1, -0.05) is 18.2 Å². The van der Waals surface area contributed by atoms with Crippen molar-refractivity contribution in [1.29, 1.82) is 0 Å². The van der Waals surface area contributed by atoms with Crippen molar-refractivity contribution in [2.24, 2.45) is 0 Å². The summed E-state index contributed by atoms with van der Waals surface area (Å²) in [7, 11) is 5.66. The molecule has 0 unspecified atom stereocenters. The van der Waals surface area contributed by atoms with Gasteiger partial charge in [0.2, 0.25) is 0 Å². The van der Waals surface area contributed by atoms with Crippen LogP contribution in [0.5, 0.6) is 0 Å². The number of nitrogens with zero attached hydrogens (tertiary/aromatic N) is 1. The molecule has 2 nitrogen and oxygen atoms in total. The lowest BCUT2D eigenvalue weighted by molar-refractivity contribution is 0.633. The van der Waals surface area contributed by atoms with Crippen LogP contribution in [-0.2, 0) is 0 Å². The monoisotopic (exact) mass is 218 g/mol. The third kappa shape index (κ3) is 1.58. The Kier molecular flexibility index (Phi) is 2.69. The molecule has 84 valence electrons. The van der Waals surface area contributed by atoms with Crippen LogP contribution in [0.15, 0.2) is 30.3 Å². The van der Waals surface area contributed by atoms with E-state index >= 15 is 0 Å². The van der Waals surface area contributed by atoms with Gasteiger partial charge >= 0.3 is 0 Å². The van der Waals surface area contributed by atoms with Crippen LogP contribution in [0.2, 0.25) is 0 Å². The highest BCUT2D eigenvalue weighted by atomic mass is 19.1. The molecule has 0 atom stereocenters. The fourth-order valence-electron chi connectivity index (χ4n) is 1.95. The van der Waals surface area contributed by atoms with Crippen molar-refractivity contribution in [3.05, 3.63) is 36.1 Å². The van der Waals surface area contributed by atoms with Gasteiger partial charge in [-0.2, -0.15) is 0 Å². The average molecular weight is 218 g/mol. The summed E-state index contributed by atoms with van der Waals surface area (Å²) in [6.07, 6.45) is 0. The molecule has 0 aliphatic carbocycles. The normalized spacial score (nSPS) is 10.5.